The van der Waals surface area contributed by atoms with Crippen molar-refractivity contribution in [3.05, 3.63) is 15.6 Å². The van der Waals surface area contributed by atoms with Crippen molar-refractivity contribution in [2.45, 2.75) is 39.3 Å². The predicted molar refractivity (Wildman–Crippen MR) is 64.4 cm³/mol. The highest BCUT2D eigenvalue weighted by Crippen LogP contribution is 2.21. The van der Waals surface area contributed by atoms with Crippen molar-refractivity contribution >= 4 is 23.2 Å². The Morgan fingerprint density at radius 1 is 1.47 bits per heavy atom. The van der Waals surface area contributed by atoms with Gasteiger partial charge in [0.1, 0.15) is 5.01 Å². The average molecular weight is 253 g/mol. The fraction of sp³-hybridized carbons (Fsp3) is 0.545. The molecule has 2 N–H and O–H groups in total. The molecule has 1 atom stereocenters. The number of hydrogen-bond donors (Lipinski definition) is 1. The van der Waals surface area contributed by atoms with E-state index in [1.54, 1.807) is 0 Å². The molecule has 1 aliphatic heterocycles. The number of piperidine rings is 1. The molecule has 2 heterocycles. The smallest absolute Gasteiger partial charge is 0.246 e. The van der Waals surface area contributed by atoms with E-state index in [-0.39, 0.29) is 18.4 Å². The highest BCUT2D eigenvalue weighted by molar-refractivity contribution is 7.11. The molecule has 1 unspecified atom stereocenters. The zero-order valence-electron chi connectivity index (χ0n) is 9.90. The van der Waals surface area contributed by atoms with Gasteiger partial charge in [0.05, 0.1) is 18.3 Å². The fourth-order valence-corrected chi connectivity index (χ4v) is 2.69. The lowest BCUT2D eigenvalue weighted by Crippen LogP contribution is -2.50. The minimum atomic E-state index is -0.546. The Balaban J connectivity index is 2.16. The summed E-state index contributed by atoms with van der Waals surface area (Å²) in [6.07, 6.45) is 0.792. The zero-order valence-corrected chi connectivity index (χ0v) is 10.7. The van der Waals surface area contributed by atoms with Gasteiger partial charge in [0.2, 0.25) is 11.8 Å². The van der Waals surface area contributed by atoms with E-state index in [1.165, 1.54) is 16.2 Å². The summed E-state index contributed by atoms with van der Waals surface area (Å²) in [5.74, 6) is -0.436. The van der Waals surface area contributed by atoms with E-state index in [0.717, 1.165) is 15.6 Å². The summed E-state index contributed by atoms with van der Waals surface area (Å²) in [4.78, 5) is 30.1. The first-order valence-corrected chi connectivity index (χ1v) is 6.33. The van der Waals surface area contributed by atoms with Crippen LogP contribution < -0.4 is 5.73 Å². The van der Waals surface area contributed by atoms with Crippen molar-refractivity contribution in [2.24, 2.45) is 5.73 Å². The van der Waals surface area contributed by atoms with Crippen LogP contribution in [-0.2, 0) is 16.1 Å². The van der Waals surface area contributed by atoms with E-state index in [2.05, 4.69) is 4.98 Å². The molecule has 6 heteroatoms. The van der Waals surface area contributed by atoms with Crippen LogP contribution >= 0.6 is 11.3 Å². The minimum Gasteiger partial charge on any atom is -0.320 e. The van der Waals surface area contributed by atoms with Gasteiger partial charge in [-0.25, -0.2) is 4.98 Å². The molecule has 1 saturated heterocycles. The second-order valence-corrected chi connectivity index (χ2v) is 5.50. The van der Waals surface area contributed by atoms with Gasteiger partial charge in [-0.05, 0) is 20.3 Å². The summed E-state index contributed by atoms with van der Waals surface area (Å²) in [5, 5.41) is 0.788. The maximum absolute atomic E-state index is 11.8. The first-order chi connectivity index (χ1) is 7.99. The van der Waals surface area contributed by atoms with Crippen molar-refractivity contribution in [1.82, 2.24) is 9.88 Å². The molecular weight excluding hydrogens is 238 g/mol. The van der Waals surface area contributed by atoms with Gasteiger partial charge in [-0.15, -0.1) is 11.3 Å². The molecule has 92 valence electrons. The van der Waals surface area contributed by atoms with Crippen LogP contribution in [-0.4, -0.2) is 27.7 Å². The van der Waals surface area contributed by atoms with E-state index in [9.17, 15) is 9.59 Å². The number of carbonyl (C=O) groups is 2. The van der Waals surface area contributed by atoms with E-state index >= 15 is 0 Å². The number of nitrogens with two attached hydrogens (primary N) is 1. The first-order valence-electron chi connectivity index (χ1n) is 5.51. The molecule has 1 aromatic rings. The van der Waals surface area contributed by atoms with Crippen LogP contribution in [0.1, 0.15) is 28.4 Å². The molecule has 2 rings (SSSR count). The molecule has 0 aliphatic carbocycles. The van der Waals surface area contributed by atoms with E-state index in [4.69, 9.17) is 5.73 Å². The Morgan fingerprint density at radius 3 is 2.76 bits per heavy atom. The molecule has 17 heavy (non-hydrogen) atoms. The van der Waals surface area contributed by atoms with Crippen molar-refractivity contribution in [3.8, 4) is 0 Å². The largest absolute Gasteiger partial charge is 0.320 e. The number of aromatic nitrogens is 1. The lowest BCUT2D eigenvalue weighted by Gasteiger charge is -2.27. The van der Waals surface area contributed by atoms with Crippen molar-refractivity contribution in [1.29, 1.82) is 0 Å². The maximum Gasteiger partial charge on any atom is 0.246 e. The van der Waals surface area contributed by atoms with Crippen LogP contribution in [0, 0.1) is 13.8 Å². The normalized spacial score (nSPS) is 21.1. The van der Waals surface area contributed by atoms with Crippen LogP contribution in [0.4, 0.5) is 0 Å². The molecule has 1 aromatic heterocycles. The molecule has 5 nitrogen and oxygen atoms in total. The third-order valence-corrected chi connectivity index (χ3v) is 3.98. The summed E-state index contributed by atoms with van der Waals surface area (Å²) >= 11 is 1.52. The number of imide groups is 1. The van der Waals surface area contributed by atoms with Crippen LogP contribution in [0.15, 0.2) is 0 Å². The summed E-state index contributed by atoms with van der Waals surface area (Å²) < 4.78 is 0. The van der Waals surface area contributed by atoms with Crippen molar-refractivity contribution in [2.75, 3.05) is 0 Å². The van der Waals surface area contributed by atoms with E-state index < -0.39 is 6.04 Å². The Labute approximate surface area is 104 Å². The van der Waals surface area contributed by atoms with Gasteiger partial charge in [-0.2, -0.15) is 0 Å². The number of aryl methyl sites for hydroxylation is 2. The third kappa shape index (κ3) is 2.37. The lowest BCUT2D eigenvalue weighted by molar-refractivity contribution is -0.149. The molecule has 1 fully saturated rings. The molecular formula is C11H15N3O2S. The molecule has 0 aromatic carbocycles. The third-order valence-electron chi connectivity index (χ3n) is 2.92. The molecule has 0 spiro atoms. The Hall–Kier alpha value is -1.27. The van der Waals surface area contributed by atoms with Gasteiger partial charge in [0.25, 0.3) is 0 Å². The second kappa shape index (κ2) is 4.54. The highest BCUT2D eigenvalue weighted by Gasteiger charge is 2.32. The quantitative estimate of drug-likeness (QED) is 0.789. The van der Waals surface area contributed by atoms with Crippen LogP contribution in [0.25, 0.3) is 0 Å². The van der Waals surface area contributed by atoms with E-state index in [1.807, 2.05) is 13.8 Å². The summed E-state index contributed by atoms with van der Waals surface area (Å²) in [6, 6.07) is -0.546. The minimum absolute atomic E-state index is 0.151. The molecule has 0 radical (unpaired) electrons. The van der Waals surface area contributed by atoms with Crippen LogP contribution in [0.2, 0.25) is 0 Å². The molecule has 2 amide bonds. The fourth-order valence-electron chi connectivity index (χ4n) is 1.77. The predicted octanol–water partition coefficient (Wildman–Crippen LogP) is 0.736. The van der Waals surface area contributed by atoms with Crippen LogP contribution in [0.5, 0.6) is 0 Å². The van der Waals surface area contributed by atoms with Crippen LogP contribution in [0.3, 0.4) is 0 Å². The molecule has 0 saturated carbocycles. The van der Waals surface area contributed by atoms with Crippen molar-refractivity contribution in [3.63, 3.8) is 0 Å². The summed E-state index contributed by atoms with van der Waals surface area (Å²) in [7, 11) is 0. The summed E-state index contributed by atoms with van der Waals surface area (Å²) in [6.45, 7) is 4.15. The van der Waals surface area contributed by atoms with Gasteiger partial charge in [0.15, 0.2) is 0 Å². The number of amides is 2. The number of hydrogen-bond acceptors (Lipinski definition) is 5. The van der Waals surface area contributed by atoms with Crippen molar-refractivity contribution < 1.29 is 9.59 Å². The topological polar surface area (TPSA) is 76.3 Å². The highest BCUT2D eigenvalue weighted by atomic mass is 32.1. The Bertz CT molecular complexity index is 450. The van der Waals surface area contributed by atoms with E-state index in [0.29, 0.717) is 12.8 Å². The number of likely N-dealkylation sites (tertiary alicyclic amines) is 1. The maximum atomic E-state index is 11.8. The zero-order chi connectivity index (χ0) is 12.6. The monoisotopic (exact) mass is 253 g/mol. The van der Waals surface area contributed by atoms with Gasteiger partial charge < -0.3 is 5.73 Å². The van der Waals surface area contributed by atoms with Gasteiger partial charge in [0, 0.05) is 11.3 Å². The number of rotatable bonds is 2. The van der Waals surface area contributed by atoms with Gasteiger partial charge >= 0.3 is 0 Å². The number of carbonyl (C=O) groups excluding carboxylic acids is 2. The first kappa shape index (κ1) is 12.2. The Kier molecular flexibility index (Phi) is 3.26. The average Bonchev–Trinajstić information content (AvgIpc) is 2.59. The number of thiazole rings is 1. The number of nitrogens with zero attached hydrogens (tertiary/aromatic N) is 2. The lowest BCUT2D eigenvalue weighted by atomic mass is 10.1. The molecule has 1 aliphatic rings. The Morgan fingerprint density at radius 2 is 2.18 bits per heavy atom. The van der Waals surface area contributed by atoms with Gasteiger partial charge in [-0.3, -0.25) is 14.5 Å². The molecule has 0 bridgehead atoms. The SMILES string of the molecule is Cc1nc(CN2C(=O)CCC(N)C2=O)sc1C. The summed E-state index contributed by atoms with van der Waals surface area (Å²) in [5.41, 5.74) is 6.61. The standard InChI is InChI=1S/C11H15N3O2S/c1-6-7(2)17-9(13-6)5-14-10(15)4-3-8(12)11(14)16/h8H,3-5,12H2,1-2H3. The second-order valence-electron chi connectivity index (χ2n) is 4.21. The van der Waals surface area contributed by atoms with Gasteiger partial charge in [-0.1, -0.05) is 0 Å².